The summed E-state index contributed by atoms with van der Waals surface area (Å²) in [6, 6.07) is 8.12. The summed E-state index contributed by atoms with van der Waals surface area (Å²) >= 11 is 1.58. The monoisotopic (exact) mass is 426 g/mol. The molecule has 0 amide bonds. The van der Waals surface area contributed by atoms with E-state index in [4.69, 9.17) is 9.26 Å². The van der Waals surface area contributed by atoms with Crippen molar-refractivity contribution in [2.45, 2.75) is 56.2 Å². The van der Waals surface area contributed by atoms with E-state index in [1.807, 2.05) is 24.3 Å². The Morgan fingerprint density at radius 1 is 1.10 bits per heavy atom. The second kappa shape index (κ2) is 8.77. The van der Waals surface area contributed by atoms with Crippen LogP contribution in [0.2, 0.25) is 0 Å². The molecule has 2 saturated heterocycles. The summed E-state index contributed by atoms with van der Waals surface area (Å²) in [5.41, 5.74) is 2.16. The van der Waals surface area contributed by atoms with Gasteiger partial charge in [0, 0.05) is 25.3 Å². The SMILES string of the molecule is Cc1ccc(-c2noc(CSc3nnc(N4CCCC4)n3CC3CCCO3)n2)cc1. The van der Waals surface area contributed by atoms with Crippen LogP contribution in [0.15, 0.2) is 33.9 Å². The summed E-state index contributed by atoms with van der Waals surface area (Å²) < 4.78 is 13.6. The lowest BCUT2D eigenvalue weighted by Gasteiger charge is -2.20. The van der Waals surface area contributed by atoms with E-state index in [1.54, 1.807) is 11.8 Å². The molecule has 2 aromatic heterocycles. The molecule has 1 atom stereocenters. The van der Waals surface area contributed by atoms with Crippen molar-refractivity contribution in [1.82, 2.24) is 24.9 Å². The van der Waals surface area contributed by atoms with Crippen molar-refractivity contribution >= 4 is 17.7 Å². The second-order valence-corrected chi connectivity index (χ2v) is 8.83. The van der Waals surface area contributed by atoms with E-state index >= 15 is 0 Å². The summed E-state index contributed by atoms with van der Waals surface area (Å²) in [6.07, 6.45) is 4.86. The largest absolute Gasteiger partial charge is 0.376 e. The van der Waals surface area contributed by atoms with Gasteiger partial charge >= 0.3 is 0 Å². The molecule has 2 aliphatic heterocycles. The first-order valence-corrected chi connectivity index (χ1v) is 11.6. The molecule has 2 aliphatic rings. The molecule has 2 fully saturated rings. The molecule has 8 nitrogen and oxygen atoms in total. The highest BCUT2D eigenvalue weighted by Gasteiger charge is 2.25. The molecular weight excluding hydrogens is 400 g/mol. The molecule has 4 heterocycles. The molecule has 0 N–H and O–H groups in total. The topological polar surface area (TPSA) is 82.1 Å². The van der Waals surface area contributed by atoms with Gasteiger partial charge in [-0.05, 0) is 32.6 Å². The standard InChI is InChI=1S/C21H26N6O2S/c1-15-6-8-16(9-7-15)19-22-18(29-25-19)14-30-21-24-23-20(26-10-2-3-11-26)27(21)13-17-5-4-12-28-17/h6-9,17H,2-5,10-14H2,1H3. The molecule has 1 aromatic carbocycles. The highest BCUT2D eigenvalue weighted by atomic mass is 32.2. The molecule has 0 spiro atoms. The summed E-state index contributed by atoms with van der Waals surface area (Å²) in [7, 11) is 0. The van der Waals surface area contributed by atoms with Gasteiger partial charge in [-0.25, -0.2) is 0 Å². The number of hydrogen-bond acceptors (Lipinski definition) is 8. The number of hydrogen-bond donors (Lipinski definition) is 0. The summed E-state index contributed by atoms with van der Waals surface area (Å²) in [5.74, 6) is 2.72. The zero-order valence-corrected chi connectivity index (χ0v) is 18.0. The Bertz CT molecular complexity index is 974. The third-order valence-corrected chi connectivity index (χ3v) is 6.55. The fourth-order valence-corrected chi connectivity index (χ4v) is 4.73. The minimum Gasteiger partial charge on any atom is -0.376 e. The summed E-state index contributed by atoms with van der Waals surface area (Å²) in [6.45, 7) is 5.78. The normalized spacial score (nSPS) is 19.1. The van der Waals surface area contributed by atoms with Gasteiger partial charge in [0.25, 0.3) is 0 Å². The lowest BCUT2D eigenvalue weighted by atomic mass is 10.1. The van der Waals surface area contributed by atoms with Crippen molar-refractivity contribution in [1.29, 1.82) is 0 Å². The first-order valence-electron chi connectivity index (χ1n) is 10.6. The van der Waals surface area contributed by atoms with Crippen LogP contribution in [0.25, 0.3) is 11.4 Å². The van der Waals surface area contributed by atoms with Gasteiger partial charge in [-0.3, -0.25) is 4.57 Å². The van der Waals surface area contributed by atoms with Gasteiger partial charge in [0.1, 0.15) is 0 Å². The lowest BCUT2D eigenvalue weighted by molar-refractivity contribution is 0.0952. The van der Waals surface area contributed by atoms with Crippen LogP contribution in [0.1, 0.15) is 37.1 Å². The number of aryl methyl sites for hydroxylation is 1. The van der Waals surface area contributed by atoms with E-state index in [0.717, 1.165) is 55.8 Å². The number of thioether (sulfide) groups is 1. The van der Waals surface area contributed by atoms with Gasteiger partial charge in [0.2, 0.25) is 17.7 Å². The number of benzene rings is 1. The Labute approximate surface area is 180 Å². The van der Waals surface area contributed by atoms with Crippen LogP contribution in [0, 0.1) is 6.92 Å². The van der Waals surface area contributed by atoms with E-state index < -0.39 is 0 Å². The molecule has 30 heavy (non-hydrogen) atoms. The number of nitrogens with zero attached hydrogens (tertiary/aromatic N) is 6. The van der Waals surface area contributed by atoms with Gasteiger partial charge in [0.15, 0.2) is 5.16 Å². The van der Waals surface area contributed by atoms with Crippen molar-refractivity contribution in [2.24, 2.45) is 0 Å². The highest BCUT2D eigenvalue weighted by Crippen LogP contribution is 2.29. The van der Waals surface area contributed by atoms with E-state index in [-0.39, 0.29) is 6.10 Å². The average Bonchev–Trinajstić information content (AvgIpc) is 3.55. The second-order valence-electron chi connectivity index (χ2n) is 7.89. The molecule has 9 heteroatoms. The number of anilines is 1. The molecule has 0 aliphatic carbocycles. The molecule has 0 radical (unpaired) electrons. The molecule has 3 aromatic rings. The minimum absolute atomic E-state index is 0.234. The zero-order chi connectivity index (χ0) is 20.3. The van der Waals surface area contributed by atoms with E-state index in [0.29, 0.717) is 17.5 Å². The highest BCUT2D eigenvalue weighted by molar-refractivity contribution is 7.98. The Kier molecular flexibility index (Phi) is 5.72. The van der Waals surface area contributed by atoms with Crippen LogP contribution in [0.5, 0.6) is 0 Å². The first kappa shape index (κ1) is 19.6. The van der Waals surface area contributed by atoms with E-state index in [2.05, 4.69) is 36.7 Å². The predicted molar refractivity (Wildman–Crippen MR) is 114 cm³/mol. The Balaban J connectivity index is 1.31. The molecular formula is C21H26N6O2S. The van der Waals surface area contributed by atoms with Crippen molar-refractivity contribution in [2.75, 3.05) is 24.6 Å². The lowest BCUT2D eigenvalue weighted by Crippen LogP contribution is -2.25. The predicted octanol–water partition coefficient (Wildman–Crippen LogP) is 3.71. The van der Waals surface area contributed by atoms with Crippen LogP contribution in [0.3, 0.4) is 0 Å². The van der Waals surface area contributed by atoms with Gasteiger partial charge in [-0.1, -0.05) is 46.7 Å². The minimum atomic E-state index is 0.234. The smallest absolute Gasteiger partial charge is 0.237 e. The van der Waals surface area contributed by atoms with Crippen LogP contribution in [-0.2, 0) is 17.0 Å². The Hall–Kier alpha value is -2.39. The van der Waals surface area contributed by atoms with Crippen LogP contribution >= 0.6 is 11.8 Å². The van der Waals surface area contributed by atoms with Crippen LogP contribution < -0.4 is 4.90 Å². The third kappa shape index (κ3) is 4.22. The third-order valence-electron chi connectivity index (χ3n) is 5.60. The maximum absolute atomic E-state index is 5.88. The van der Waals surface area contributed by atoms with E-state index in [9.17, 15) is 0 Å². The van der Waals surface area contributed by atoms with Crippen LogP contribution in [-0.4, -0.2) is 50.7 Å². The van der Waals surface area contributed by atoms with Gasteiger partial charge in [0.05, 0.1) is 18.4 Å². The van der Waals surface area contributed by atoms with Gasteiger partial charge in [-0.15, -0.1) is 10.2 Å². The molecule has 0 bridgehead atoms. The fraction of sp³-hybridized carbons (Fsp3) is 0.524. The van der Waals surface area contributed by atoms with Crippen molar-refractivity contribution < 1.29 is 9.26 Å². The zero-order valence-electron chi connectivity index (χ0n) is 17.2. The van der Waals surface area contributed by atoms with Crippen molar-refractivity contribution in [3.05, 3.63) is 35.7 Å². The van der Waals surface area contributed by atoms with Crippen molar-refractivity contribution in [3.63, 3.8) is 0 Å². The Morgan fingerprint density at radius 3 is 2.70 bits per heavy atom. The van der Waals surface area contributed by atoms with Gasteiger partial charge in [-0.2, -0.15) is 4.98 Å². The molecule has 5 rings (SSSR count). The van der Waals surface area contributed by atoms with E-state index in [1.165, 1.54) is 18.4 Å². The number of aromatic nitrogens is 5. The maximum Gasteiger partial charge on any atom is 0.237 e. The number of ether oxygens (including phenoxy) is 1. The van der Waals surface area contributed by atoms with Gasteiger partial charge < -0.3 is 14.2 Å². The maximum atomic E-state index is 5.88. The van der Waals surface area contributed by atoms with Crippen LogP contribution in [0.4, 0.5) is 5.95 Å². The first-order chi connectivity index (χ1) is 14.8. The molecule has 1 unspecified atom stereocenters. The number of rotatable bonds is 7. The van der Waals surface area contributed by atoms with Crippen molar-refractivity contribution in [3.8, 4) is 11.4 Å². The average molecular weight is 427 g/mol. The molecule has 0 saturated carbocycles. The Morgan fingerprint density at radius 2 is 1.93 bits per heavy atom. The fourth-order valence-electron chi connectivity index (χ4n) is 3.95. The summed E-state index contributed by atoms with van der Waals surface area (Å²) in [4.78, 5) is 6.88. The molecule has 158 valence electrons. The summed E-state index contributed by atoms with van der Waals surface area (Å²) in [5, 5.41) is 14.0. The quantitative estimate of drug-likeness (QED) is 0.529.